The molecular formula is C7H9BrN4S. The summed E-state index contributed by atoms with van der Waals surface area (Å²) in [5, 5.41) is 7.19. The predicted molar refractivity (Wildman–Crippen MR) is 60.2 cm³/mol. The zero-order chi connectivity index (χ0) is 9.84. The summed E-state index contributed by atoms with van der Waals surface area (Å²) in [4.78, 5) is 2.21. The van der Waals surface area contributed by atoms with E-state index in [1.807, 2.05) is 13.0 Å². The molecule has 6 heteroatoms. The van der Waals surface area contributed by atoms with Crippen molar-refractivity contribution in [1.82, 2.24) is 0 Å². The zero-order valence-electron chi connectivity index (χ0n) is 6.99. The molecule has 0 bridgehead atoms. The van der Waals surface area contributed by atoms with Crippen LogP contribution in [-0.4, -0.2) is 12.2 Å². The van der Waals surface area contributed by atoms with Gasteiger partial charge in [0.05, 0.1) is 6.21 Å². The quantitative estimate of drug-likeness (QED) is 0.480. The summed E-state index contributed by atoms with van der Waals surface area (Å²) in [7, 11) is 0. The lowest BCUT2D eigenvalue weighted by atomic mass is 10.4. The van der Waals surface area contributed by atoms with Crippen LogP contribution in [0.15, 0.2) is 20.7 Å². The summed E-state index contributed by atoms with van der Waals surface area (Å²) < 4.78 is 1.07. The van der Waals surface area contributed by atoms with E-state index >= 15 is 0 Å². The van der Waals surface area contributed by atoms with Crippen LogP contribution < -0.4 is 11.5 Å². The van der Waals surface area contributed by atoms with Gasteiger partial charge in [-0.1, -0.05) is 0 Å². The summed E-state index contributed by atoms with van der Waals surface area (Å²) in [6.45, 7) is 2.02. The average molecular weight is 261 g/mol. The highest BCUT2D eigenvalue weighted by Crippen LogP contribution is 2.24. The van der Waals surface area contributed by atoms with Crippen molar-refractivity contribution in [2.75, 3.05) is 0 Å². The Balaban J connectivity index is 2.75. The van der Waals surface area contributed by atoms with Gasteiger partial charge in [-0.3, -0.25) is 0 Å². The van der Waals surface area contributed by atoms with E-state index < -0.39 is 0 Å². The highest BCUT2D eigenvalue weighted by molar-refractivity contribution is 9.10. The van der Waals surface area contributed by atoms with Crippen molar-refractivity contribution >= 4 is 39.4 Å². The maximum absolute atomic E-state index is 5.10. The summed E-state index contributed by atoms with van der Waals surface area (Å²) in [6.07, 6.45) is 1.61. The van der Waals surface area contributed by atoms with Crippen LogP contribution >= 0.6 is 27.3 Å². The molecule has 1 aromatic heterocycles. The number of nitrogens with zero attached hydrogens (tertiary/aromatic N) is 2. The third-order valence-corrected chi connectivity index (χ3v) is 3.31. The summed E-state index contributed by atoms with van der Waals surface area (Å²) in [5.41, 5.74) is 10.2. The van der Waals surface area contributed by atoms with Crippen molar-refractivity contribution in [3.63, 3.8) is 0 Å². The van der Waals surface area contributed by atoms with E-state index in [2.05, 4.69) is 26.1 Å². The number of aryl methyl sites for hydroxylation is 1. The molecule has 4 nitrogen and oxygen atoms in total. The Morgan fingerprint density at radius 3 is 2.77 bits per heavy atom. The van der Waals surface area contributed by atoms with E-state index in [0.29, 0.717) is 0 Å². The van der Waals surface area contributed by atoms with Crippen LogP contribution in [0.5, 0.6) is 0 Å². The predicted octanol–water partition coefficient (Wildman–Crippen LogP) is 1.43. The van der Waals surface area contributed by atoms with Gasteiger partial charge in [-0.05, 0) is 28.9 Å². The standard InChI is InChI=1S/C7H9BrN4S/c1-4-6(8)2-5(13-4)3-11-12-7(9)10/h2-3H,1H3,(H4,9,10,12). The second kappa shape index (κ2) is 4.38. The number of nitrogens with two attached hydrogens (primary N) is 2. The molecule has 0 aliphatic rings. The maximum atomic E-state index is 5.10. The number of halogens is 1. The number of guanidine groups is 1. The second-order valence-electron chi connectivity index (χ2n) is 2.32. The van der Waals surface area contributed by atoms with Gasteiger partial charge in [0.2, 0.25) is 5.96 Å². The van der Waals surface area contributed by atoms with Crippen molar-refractivity contribution in [3.05, 3.63) is 20.3 Å². The first kappa shape index (κ1) is 10.2. The molecule has 1 rings (SSSR count). The lowest BCUT2D eigenvalue weighted by molar-refractivity contribution is 1.22. The number of hydrogen-bond acceptors (Lipinski definition) is 3. The Morgan fingerprint density at radius 1 is 1.62 bits per heavy atom. The molecule has 0 fully saturated rings. The topological polar surface area (TPSA) is 76.8 Å². The summed E-state index contributed by atoms with van der Waals surface area (Å²) in [5.74, 6) is -0.0383. The Morgan fingerprint density at radius 2 is 2.31 bits per heavy atom. The summed E-state index contributed by atoms with van der Waals surface area (Å²) >= 11 is 5.02. The minimum atomic E-state index is -0.0383. The first-order valence-corrected chi connectivity index (χ1v) is 5.08. The molecule has 0 amide bonds. The van der Waals surface area contributed by atoms with Gasteiger partial charge in [0.25, 0.3) is 0 Å². The van der Waals surface area contributed by atoms with E-state index in [0.717, 1.165) is 9.35 Å². The molecule has 0 radical (unpaired) electrons. The van der Waals surface area contributed by atoms with E-state index in [1.165, 1.54) is 4.88 Å². The molecule has 0 atom stereocenters. The molecule has 0 aromatic carbocycles. The third kappa shape index (κ3) is 3.16. The first-order valence-electron chi connectivity index (χ1n) is 3.47. The van der Waals surface area contributed by atoms with Crippen LogP contribution in [0, 0.1) is 6.92 Å². The van der Waals surface area contributed by atoms with Gasteiger partial charge in [-0.25, -0.2) is 0 Å². The van der Waals surface area contributed by atoms with Gasteiger partial charge < -0.3 is 11.5 Å². The van der Waals surface area contributed by atoms with Crippen LogP contribution in [0.2, 0.25) is 0 Å². The fraction of sp³-hybridized carbons (Fsp3) is 0.143. The van der Waals surface area contributed by atoms with Gasteiger partial charge in [0.15, 0.2) is 0 Å². The Labute approximate surface area is 88.5 Å². The minimum Gasteiger partial charge on any atom is -0.369 e. The minimum absolute atomic E-state index is 0.0383. The van der Waals surface area contributed by atoms with E-state index in [-0.39, 0.29) is 5.96 Å². The van der Waals surface area contributed by atoms with E-state index in [9.17, 15) is 0 Å². The van der Waals surface area contributed by atoms with Crippen molar-refractivity contribution in [3.8, 4) is 0 Å². The first-order chi connectivity index (χ1) is 6.09. The maximum Gasteiger partial charge on any atom is 0.211 e. The van der Waals surface area contributed by atoms with E-state index in [4.69, 9.17) is 11.5 Å². The highest BCUT2D eigenvalue weighted by Gasteiger charge is 1.99. The molecule has 0 saturated heterocycles. The Bertz CT molecular complexity index is 332. The molecule has 13 heavy (non-hydrogen) atoms. The monoisotopic (exact) mass is 260 g/mol. The number of thiophene rings is 1. The molecule has 0 spiro atoms. The molecule has 0 aliphatic carbocycles. The van der Waals surface area contributed by atoms with Crippen molar-refractivity contribution in [2.45, 2.75) is 6.92 Å². The average Bonchev–Trinajstić information content (AvgIpc) is 2.30. The van der Waals surface area contributed by atoms with Crippen molar-refractivity contribution < 1.29 is 0 Å². The van der Waals surface area contributed by atoms with Gasteiger partial charge in [0, 0.05) is 14.2 Å². The molecule has 0 aliphatic heterocycles. The molecule has 1 aromatic rings. The normalized spacial score (nSPS) is 10.6. The lowest BCUT2D eigenvalue weighted by Gasteiger charge is -1.82. The Hall–Kier alpha value is -0.880. The summed E-state index contributed by atoms with van der Waals surface area (Å²) in [6, 6.07) is 1.96. The van der Waals surface area contributed by atoms with Gasteiger partial charge in [-0.2, -0.15) is 5.10 Å². The zero-order valence-corrected chi connectivity index (χ0v) is 9.39. The fourth-order valence-electron chi connectivity index (χ4n) is 0.698. The van der Waals surface area contributed by atoms with Crippen LogP contribution in [-0.2, 0) is 0 Å². The molecule has 1 heterocycles. The van der Waals surface area contributed by atoms with Crippen LogP contribution in [0.3, 0.4) is 0 Å². The third-order valence-electron chi connectivity index (χ3n) is 1.23. The highest BCUT2D eigenvalue weighted by atomic mass is 79.9. The van der Waals surface area contributed by atoms with E-state index in [1.54, 1.807) is 17.6 Å². The van der Waals surface area contributed by atoms with Crippen molar-refractivity contribution in [2.24, 2.45) is 21.7 Å². The fourth-order valence-corrected chi connectivity index (χ4v) is 2.13. The molecule has 70 valence electrons. The molecule has 0 saturated carbocycles. The largest absolute Gasteiger partial charge is 0.369 e. The second-order valence-corrected chi connectivity index (χ2v) is 4.46. The molecule has 4 N–H and O–H groups in total. The Kier molecular flexibility index (Phi) is 3.44. The smallest absolute Gasteiger partial charge is 0.211 e. The van der Waals surface area contributed by atoms with Gasteiger partial charge in [0.1, 0.15) is 0 Å². The SMILES string of the molecule is Cc1sc(C=NN=C(N)N)cc1Br. The molecular weight excluding hydrogens is 252 g/mol. The van der Waals surface area contributed by atoms with Gasteiger partial charge >= 0.3 is 0 Å². The van der Waals surface area contributed by atoms with Crippen molar-refractivity contribution in [1.29, 1.82) is 0 Å². The lowest BCUT2D eigenvalue weighted by Crippen LogP contribution is -2.21. The van der Waals surface area contributed by atoms with Crippen LogP contribution in [0.1, 0.15) is 9.75 Å². The van der Waals surface area contributed by atoms with Gasteiger partial charge in [-0.15, -0.1) is 16.4 Å². The van der Waals surface area contributed by atoms with Crippen LogP contribution in [0.25, 0.3) is 0 Å². The molecule has 0 unspecified atom stereocenters. The van der Waals surface area contributed by atoms with Crippen LogP contribution in [0.4, 0.5) is 0 Å². The number of hydrogen-bond donors (Lipinski definition) is 2. The number of rotatable bonds is 2.